The summed E-state index contributed by atoms with van der Waals surface area (Å²) in [6, 6.07) is 10.6. The van der Waals surface area contributed by atoms with E-state index >= 15 is 0 Å². The largest absolute Gasteiger partial charge is 0.496 e. The first-order valence-electron chi connectivity index (χ1n) is 6.38. The van der Waals surface area contributed by atoms with Gasteiger partial charge in [0.2, 0.25) is 0 Å². The first-order chi connectivity index (χ1) is 9.52. The molecule has 2 aromatic carbocycles. The Morgan fingerprint density at radius 2 is 2.00 bits per heavy atom. The summed E-state index contributed by atoms with van der Waals surface area (Å²) >= 11 is 3.43. The van der Waals surface area contributed by atoms with Crippen LogP contribution in [0.3, 0.4) is 0 Å². The molecule has 0 aliphatic rings. The first-order valence-corrected chi connectivity index (χ1v) is 7.17. The highest BCUT2D eigenvalue weighted by molar-refractivity contribution is 9.10. The number of ether oxygens (including phenoxy) is 1. The molecule has 1 unspecified atom stereocenters. The number of methoxy groups -OCH3 is 1. The van der Waals surface area contributed by atoms with Gasteiger partial charge in [0.15, 0.2) is 0 Å². The smallest absolute Gasteiger partial charge is 0.132 e. The summed E-state index contributed by atoms with van der Waals surface area (Å²) in [7, 11) is 1.55. The Morgan fingerprint density at radius 1 is 1.25 bits per heavy atom. The average Bonchev–Trinajstić information content (AvgIpc) is 2.41. The zero-order valence-electron chi connectivity index (χ0n) is 11.7. The SMILES string of the molecule is COc1cccc(F)c1C(C)Nc1ccc(Br)cc1C. The van der Waals surface area contributed by atoms with Crippen molar-refractivity contribution in [3.05, 3.63) is 57.8 Å². The van der Waals surface area contributed by atoms with Crippen LogP contribution < -0.4 is 10.1 Å². The monoisotopic (exact) mass is 337 g/mol. The van der Waals surface area contributed by atoms with Crippen LogP contribution in [-0.4, -0.2) is 7.11 Å². The second-order valence-electron chi connectivity index (χ2n) is 4.68. The fraction of sp³-hybridized carbons (Fsp3) is 0.250. The van der Waals surface area contributed by atoms with Gasteiger partial charge in [-0.1, -0.05) is 22.0 Å². The van der Waals surface area contributed by atoms with E-state index in [1.165, 1.54) is 6.07 Å². The summed E-state index contributed by atoms with van der Waals surface area (Å²) < 4.78 is 20.3. The third kappa shape index (κ3) is 3.12. The summed E-state index contributed by atoms with van der Waals surface area (Å²) in [5.41, 5.74) is 2.62. The molecule has 0 saturated heterocycles. The van der Waals surface area contributed by atoms with Gasteiger partial charge in [0.25, 0.3) is 0 Å². The molecular formula is C16H17BrFNO. The van der Waals surface area contributed by atoms with E-state index in [1.807, 2.05) is 32.0 Å². The fourth-order valence-electron chi connectivity index (χ4n) is 2.21. The maximum atomic E-state index is 14.0. The average molecular weight is 338 g/mol. The highest BCUT2D eigenvalue weighted by Crippen LogP contribution is 2.31. The molecule has 106 valence electrons. The molecule has 0 spiro atoms. The minimum absolute atomic E-state index is 0.189. The van der Waals surface area contributed by atoms with E-state index in [4.69, 9.17) is 4.74 Å². The summed E-state index contributed by atoms with van der Waals surface area (Å²) in [6.07, 6.45) is 0. The number of hydrogen-bond donors (Lipinski definition) is 1. The van der Waals surface area contributed by atoms with E-state index in [0.717, 1.165) is 15.7 Å². The van der Waals surface area contributed by atoms with Gasteiger partial charge < -0.3 is 10.1 Å². The Kier molecular flexibility index (Phi) is 4.65. The molecule has 0 amide bonds. The molecule has 0 aromatic heterocycles. The van der Waals surface area contributed by atoms with Crippen molar-refractivity contribution < 1.29 is 9.13 Å². The normalized spacial score (nSPS) is 12.1. The van der Waals surface area contributed by atoms with Crippen molar-refractivity contribution in [3.8, 4) is 5.75 Å². The van der Waals surface area contributed by atoms with Gasteiger partial charge >= 0.3 is 0 Å². The van der Waals surface area contributed by atoms with Gasteiger partial charge in [-0.2, -0.15) is 0 Å². The Labute approximate surface area is 127 Å². The summed E-state index contributed by atoms with van der Waals surface area (Å²) in [6.45, 7) is 3.93. The summed E-state index contributed by atoms with van der Waals surface area (Å²) in [5.74, 6) is 0.291. The second-order valence-corrected chi connectivity index (χ2v) is 5.60. The lowest BCUT2D eigenvalue weighted by Crippen LogP contribution is -2.11. The van der Waals surface area contributed by atoms with Crippen LogP contribution in [0.2, 0.25) is 0 Å². The third-order valence-corrected chi connectivity index (χ3v) is 3.72. The van der Waals surface area contributed by atoms with Crippen LogP contribution in [0, 0.1) is 12.7 Å². The minimum atomic E-state index is -0.265. The first kappa shape index (κ1) is 14.9. The van der Waals surface area contributed by atoms with Gasteiger partial charge in [-0.05, 0) is 49.7 Å². The van der Waals surface area contributed by atoms with E-state index in [0.29, 0.717) is 11.3 Å². The minimum Gasteiger partial charge on any atom is -0.496 e. The molecule has 0 saturated carbocycles. The van der Waals surface area contributed by atoms with Crippen LogP contribution in [0.15, 0.2) is 40.9 Å². The predicted molar refractivity (Wildman–Crippen MR) is 83.9 cm³/mol. The fourth-order valence-corrected chi connectivity index (χ4v) is 2.69. The van der Waals surface area contributed by atoms with Crippen molar-refractivity contribution in [2.45, 2.75) is 19.9 Å². The van der Waals surface area contributed by atoms with E-state index in [2.05, 4.69) is 21.2 Å². The molecule has 1 atom stereocenters. The number of anilines is 1. The zero-order valence-corrected chi connectivity index (χ0v) is 13.3. The van der Waals surface area contributed by atoms with E-state index in [1.54, 1.807) is 19.2 Å². The molecule has 0 fully saturated rings. The maximum Gasteiger partial charge on any atom is 0.132 e. The molecule has 0 heterocycles. The van der Waals surface area contributed by atoms with Crippen LogP contribution in [0.1, 0.15) is 24.1 Å². The van der Waals surface area contributed by atoms with E-state index in [-0.39, 0.29) is 11.9 Å². The van der Waals surface area contributed by atoms with Crippen molar-refractivity contribution in [1.29, 1.82) is 0 Å². The summed E-state index contributed by atoms with van der Waals surface area (Å²) in [5, 5.41) is 3.33. The zero-order chi connectivity index (χ0) is 14.7. The number of benzene rings is 2. The lowest BCUT2D eigenvalue weighted by atomic mass is 10.1. The molecule has 0 aliphatic heterocycles. The van der Waals surface area contributed by atoms with Crippen LogP contribution in [0.25, 0.3) is 0 Å². The van der Waals surface area contributed by atoms with Crippen LogP contribution in [-0.2, 0) is 0 Å². The highest BCUT2D eigenvalue weighted by Gasteiger charge is 2.16. The second kappa shape index (κ2) is 6.27. The standard InChI is InChI=1S/C16H17BrFNO/c1-10-9-12(17)7-8-14(10)19-11(2)16-13(18)5-4-6-15(16)20-3/h4-9,11,19H,1-3H3. The molecule has 1 N–H and O–H groups in total. The predicted octanol–water partition coefficient (Wildman–Crippen LogP) is 5.08. The topological polar surface area (TPSA) is 21.3 Å². The van der Waals surface area contributed by atoms with Crippen LogP contribution >= 0.6 is 15.9 Å². The number of aryl methyl sites for hydroxylation is 1. The summed E-state index contributed by atoms with van der Waals surface area (Å²) in [4.78, 5) is 0. The molecule has 2 rings (SSSR count). The van der Waals surface area contributed by atoms with Gasteiger partial charge in [-0.25, -0.2) is 4.39 Å². The maximum absolute atomic E-state index is 14.0. The van der Waals surface area contributed by atoms with Crippen molar-refractivity contribution in [3.63, 3.8) is 0 Å². The highest BCUT2D eigenvalue weighted by atomic mass is 79.9. The molecule has 4 heteroatoms. The molecule has 20 heavy (non-hydrogen) atoms. The van der Waals surface area contributed by atoms with Crippen LogP contribution in [0.5, 0.6) is 5.75 Å². The van der Waals surface area contributed by atoms with Crippen molar-refractivity contribution in [1.82, 2.24) is 0 Å². The Hall–Kier alpha value is -1.55. The quantitative estimate of drug-likeness (QED) is 0.840. The van der Waals surface area contributed by atoms with Gasteiger partial charge in [-0.15, -0.1) is 0 Å². The van der Waals surface area contributed by atoms with E-state index < -0.39 is 0 Å². The van der Waals surface area contributed by atoms with E-state index in [9.17, 15) is 4.39 Å². The molecule has 2 aromatic rings. The van der Waals surface area contributed by atoms with Crippen molar-refractivity contribution in [2.24, 2.45) is 0 Å². The molecule has 0 bridgehead atoms. The number of hydrogen-bond acceptors (Lipinski definition) is 2. The Balaban J connectivity index is 2.30. The molecular weight excluding hydrogens is 321 g/mol. The lowest BCUT2D eigenvalue weighted by Gasteiger charge is -2.20. The van der Waals surface area contributed by atoms with Gasteiger partial charge in [0.05, 0.1) is 18.7 Å². The van der Waals surface area contributed by atoms with Gasteiger partial charge in [0.1, 0.15) is 11.6 Å². The molecule has 0 radical (unpaired) electrons. The Morgan fingerprint density at radius 3 is 2.65 bits per heavy atom. The Bertz CT molecular complexity index is 615. The molecule has 0 aliphatic carbocycles. The van der Waals surface area contributed by atoms with Gasteiger partial charge in [-0.3, -0.25) is 0 Å². The molecule has 2 nitrogen and oxygen atoms in total. The number of nitrogens with one attached hydrogen (secondary N) is 1. The van der Waals surface area contributed by atoms with Crippen LogP contribution in [0.4, 0.5) is 10.1 Å². The third-order valence-electron chi connectivity index (χ3n) is 3.23. The van der Waals surface area contributed by atoms with Crippen molar-refractivity contribution in [2.75, 3.05) is 12.4 Å². The lowest BCUT2D eigenvalue weighted by molar-refractivity contribution is 0.402. The van der Waals surface area contributed by atoms with Gasteiger partial charge in [0, 0.05) is 10.2 Å². The number of halogens is 2. The van der Waals surface area contributed by atoms with Crippen molar-refractivity contribution >= 4 is 21.6 Å². The number of rotatable bonds is 4.